The molecule has 2 aromatic rings. The molecule has 1 saturated heterocycles. The lowest BCUT2D eigenvalue weighted by Crippen LogP contribution is -2.43. The lowest BCUT2D eigenvalue weighted by atomic mass is 9.85. The van der Waals surface area contributed by atoms with E-state index in [4.69, 9.17) is 0 Å². The molecule has 0 saturated carbocycles. The molecule has 1 fully saturated rings. The summed E-state index contributed by atoms with van der Waals surface area (Å²) in [5.74, 6) is 0.457. The molecule has 0 N–H and O–H groups in total. The molecule has 1 amide bonds. The Morgan fingerprint density at radius 1 is 1.26 bits per heavy atom. The summed E-state index contributed by atoms with van der Waals surface area (Å²) in [6.45, 7) is 8.02. The van der Waals surface area contributed by atoms with Crippen molar-refractivity contribution in [1.29, 1.82) is 0 Å². The van der Waals surface area contributed by atoms with Crippen molar-refractivity contribution in [3.63, 3.8) is 0 Å². The number of aromatic nitrogens is 4. The zero-order chi connectivity index (χ0) is 19.4. The first-order valence-electron chi connectivity index (χ1n) is 10.0. The SMILES string of the molecule is CCCn1cc(C(=O)N(C)C[C@@H]2CCCN(CC)[C@H]2c2cnn(C)c2)cn1. The summed E-state index contributed by atoms with van der Waals surface area (Å²) >= 11 is 0. The third kappa shape index (κ3) is 4.40. The van der Waals surface area contributed by atoms with E-state index in [-0.39, 0.29) is 5.91 Å². The van der Waals surface area contributed by atoms with Crippen LogP contribution in [0, 0.1) is 5.92 Å². The Labute approximate surface area is 161 Å². The van der Waals surface area contributed by atoms with Crippen LogP contribution in [0.5, 0.6) is 0 Å². The van der Waals surface area contributed by atoms with Crippen LogP contribution in [-0.2, 0) is 13.6 Å². The van der Waals surface area contributed by atoms with Crippen molar-refractivity contribution in [3.05, 3.63) is 35.9 Å². The van der Waals surface area contributed by atoms with Gasteiger partial charge < -0.3 is 4.90 Å². The predicted octanol–water partition coefficient (Wildman–Crippen LogP) is 2.57. The molecule has 0 bridgehead atoms. The quantitative estimate of drug-likeness (QED) is 0.749. The van der Waals surface area contributed by atoms with Crippen molar-refractivity contribution in [2.75, 3.05) is 26.7 Å². The Hall–Kier alpha value is -2.15. The van der Waals surface area contributed by atoms with Gasteiger partial charge in [-0.3, -0.25) is 19.1 Å². The van der Waals surface area contributed by atoms with E-state index in [0.29, 0.717) is 17.5 Å². The molecule has 3 rings (SSSR count). The van der Waals surface area contributed by atoms with Crippen LogP contribution >= 0.6 is 0 Å². The number of hydrogen-bond donors (Lipinski definition) is 0. The van der Waals surface area contributed by atoms with Crippen LogP contribution in [0.1, 0.15) is 55.1 Å². The van der Waals surface area contributed by atoms with Gasteiger partial charge in [0.05, 0.1) is 18.0 Å². The Kier molecular flexibility index (Phi) is 6.31. The largest absolute Gasteiger partial charge is 0.341 e. The number of carbonyl (C=O) groups excluding carboxylic acids is 1. The summed E-state index contributed by atoms with van der Waals surface area (Å²) in [5.41, 5.74) is 1.92. The average Bonchev–Trinajstić information content (AvgIpc) is 3.30. The van der Waals surface area contributed by atoms with Crippen LogP contribution < -0.4 is 0 Å². The van der Waals surface area contributed by atoms with Gasteiger partial charge in [0.2, 0.25) is 0 Å². The van der Waals surface area contributed by atoms with E-state index in [1.165, 1.54) is 12.0 Å². The standard InChI is InChI=1S/C20H32N6O/c1-5-9-26-15-18(12-22-26)20(27)23(3)13-16-8-7-10-25(6-2)19(16)17-11-21-24(4)14-17/h11-12,14-16,19H,5-10,13H2,1-4H3/t16-,19+/m0/s1. The summed E-state index contributed by atoms with van der Waals surface area (Å²) in [5, 5.41) is 8.67. The maximum Gasteiger partial charge on any atom is 0.256 e. The summed E-state index contributed by atoms with van der Waals surface area (Å²) in [4.78, 5) is 17.3. The molecule has 0 radical (unpaired) electrons. The molecule has 7 heteroatoms. The smallest absolute Gasteiger partial charge is 0.256 e. The first-order chi connectivity index (χ1) is 13.0. The highest BCUT2D eigenvalue weighted by Crippen LogP contribution is 2.36. The number of nitrogens with zero attached hydrogens (tertiary/aromatic N) is 6. The van der Waals surface area contributed by atoms with Crippen LogP contribution in [-0.4, -0.2) is 61.9 Å². The van der Waals surface area contributed by atoms with Gasteiger partial charge in [0.1, 0.15) is 0 Å². The lowest BCUT2D eigenvalue weighted by molar-refractivity contribution is 0.0588. The van der Waals surface area contributed by atoms with E-state index >= 15 is 0 Å². The molecule has 1 aliphatic heterocycles. The first-order valence-corrected chi connectivity index (χ1v) is 10.0. The van der Waals surface area contributed by atoms with Gasteiger partial charge in [0.25, 0.3) is 5.91 Å². The van der Waals surface area contributed by atoms with E-state index < -0.39 is 0 Å². The molecule has 148 valence electrons. The minimum absolute atomic E-state index is 0.0518. The molecule has 0 unspecified atom stereocenters. The Morgan fingerprint density at radius 2 is 2.07 bits per heavy atom. The number of carbonyl (C=O) groups is 1. The third-order valence-corrected chi connectivity index (χ3v) is 5.52. The number of piperidine rings is 1. The van der Waals surface area contributed by atoms with Crippen LogP contribution in [0.3, 0.4) is 0 Å². The lowest BCUT2D eigenvalue weighted by Gasteiger charge is -2.42. The first kappa shape index (κ1) is 19.6. The van der Waals surface area contributed by atoms with Gasteiger partial charge in [-0.25, -0.2) is 0 Å². The van der Waals surface area contributed by atoms with Crippen molar-refractivity contribution in [2.24, 2.45) is 13.0 Å². The number of hydrogen-bond acceptors (Lipinski definition) is 4. The second kappa shape index (κ2) is 8.69. The topological polar surface area (TPSA) is 59.2 Å². The Morgan fingerprint density at radius 3 is 2.74 bits per heavy atom. The Bertz CT molecular complexity index is 751. The van der Waals surface area contributed by atoms with Crippen molar-refractivity contribution in [1.82, 2.24) is 29.4 Å². The molecule has 1 aliphatic rings. The normalized spacial score (nSPS) is 20.7. The monoisotopic (exact) mass is 372 g/mol. The molecular weight excluding hydrogens is 340 g/mol. The average molecular weight is 373 g/mol. The predicted molar refractivity (Wildman–Crippen MR) is 105 cm³/mol. The van der Waals surface area contributed by atoms with E-state index in [2.05, 4.69) is 35.1 Å². The molecular formula is C20H32N6O. The van der Waals surface area contributed by atoms with Crippen molar-refractivity contribution < 1.29 is 4.79 Å². The zero-order valence-corrected chi connectivity index (χ0v) is 17.0. The fourth-order valence-corrected chi connectivity index (χ4v) is 4.25. The van der Waals surface area contributed by atoms with E-state index in [9.17, 15) is 4.79 Å². The fourth-order valence-electron chi connectivity index (χ4n) is 4.25. The molecule has 0 aliphatic carbocycles. The van der Waals surface area contributed by atoms with Crippen molar-refractivity contribution in [2.45, 2.75) is 45.7 Å². The highest BCUT2D eigenvalue weighted by atomic mass is 16.2. The molecule has 0 spiro atoms. The van der Waals surface area contributed by atoms with Gasteiger partial charge in [0, 0.05) is 51.2 Å². The summed E-state index contributed by atoms with van der Waals surface area (Å²) < 4.78 is 3.71. The molecule has 2 atom stereocenters. The van der Waals surface area contributed by atoms with Gasteiger partial charge in [-0.15, -0.1) is 0 Å². The summed E-state index contributed by atoms with van der Waals surface area (Å²) in [7, 11) is 3.87. The maximum atomic E-state index is 12.9. The Balaban J connectivity index is 1.73. The van der Waals surface area contributed by atoms with Gasteiger partial charge in [0.15, 0.2) is 0 Å². The highest BCUT2D eigenvalue weighted by Gasteiger charge is 2.34. The van der Waals surface area contributed by atoms with Crippen LogP contribution in [0.15, 0.2) is 24.8 Å². The fraction of sp³-hybridized carbons (Fsp3) is 0.650. The van der Waals surface area contributed by atoms with Gasteiger partial charge in [-0.2, -0.15) is 10.2 Å². The maximum absolute atomic E-state index is 12.9. The number of likely N-dealkylation sites (tertiary alicyclic amines) is 1. The minimum Gasteiger partial charge on any atom is -0.341 e. The van der Waals surface area contributed by atoms with Gasteiger partial charge >= 0.3 is 0 Å². The third-order valence-electron chi connectivity index (χ3n) is 5.52. The number of amides is 1. The molecule has 27 heavy (non-hydrogen) atoms. The second-order valence-electron chi connectivity index (χ2n) is 7.60. The van der Waals surface area contributed by atoms with E-state index in [0.717, 1.165) is 39.0 Å². The molecule has 7 nitrogen and oxygen atoms in total. The van der Waals surface area contributed by atoms with Gasteiger partial charge in [-0.1, -0.05) is 13.8 Å². The number of aryl methyl sites for hydroxylation is 2. The van der Waals surface area contributed by atoms with Crippen molar-refractivity contribution >= 4 is 5.91 Å². The van der Waals surface area contributed by atoms with Crippen LogP contribution in [0.2, 0.25) is 0 Å². The van der Waals surface area contributed by atoms with Crippen LogP contribution in [0.25, 0.3) is 0 Å². The second-order valence-corrected chi connectivity index (χ2v) is 7.60. The highest BCUT2D eigenvalue weighted by molar-refractivity contribution is 5.93. The number of rotatable bonds is 7. The van der Waals surface area contributed by atoms with E-state index in [1.54, 1.807) is 6.20 Å². The zero-order valence-electron chi connectivity index (χ0n) is 17.0. The van der Waals surface area contributed by atoms with Crippen LogP contribution in [0.4, 0.5) is 0 Å². The summed E-state index contributed by atoms with van der Waals surface area (Å²) in [6, 6.07) is 0.315. The summed E-state index contributed by atoms with van der Waals surface area (Å²) in [6.07, 6.45) is 10.9. The molecule has 3 heterocycles. The molecule has 0 aromatic carbocycles. The minimum atomic E-state index is 0.0518. The molecule has 2 aromatic heterocycles. The van der Waals surface area contributed by atoms with Crippen molar-refractivity contribution in [3.8, 4) is 0 Å². The van der Waals surface area contributed by atoms with E-state index in [1.807, 2.05) is 40.8 Å². The van der Waals surface area contributed by atoms with Gasteiger partial charge in [-0.05, 0) is 38.3 Å².